The summed E-state index contributed by atoms with van der Waals surface area (Å²) in [6.45, 7) is 1.47. The van der Waals surface area contributed by atoms with E-state index in [1.807, 2.05) is 29.3 Å². The summed E-state index contributed by atoms with van der Waals surface area (Å²) in [6.07, 6.45) is 8.42. The van der Waals surface area contributed by atoms with E-state index in [4.69, 9.17) is 0 Å². The Kier molecular flexibility index (Phi) is 3.66. The van der Waals surface area contributed by atoms with Gasteiger partial charge in [0.05, 0.1) is 0 Å². The summed E-state index contributed by atoms with van der Waals surface area (Å²) in [4.78, 5) is 20.8. The summed E-state index contributed by atoms with van der Waals surface area (Å²) in [5.74, 6) is 2.25. The smallest absolute Gasteiger partial charge is 0.290 e. The zero-order valence-electron chi connectivity index (χ0n) is 14.4. The van der Waals surface area contributed by atoms with Gasteiger partial charge in [0.2, 0.25) is 0 Å². The van der Waals surface area contributed by atoms with Crippen molar-refractivity contribution in [1.82, 2.24) is 39.6 Å². The van der Waals surface area contributed by atoms with Crippen LogP contribution in [0.1, 0.15) is 24.6 Å². The van der Waals surface area contributed by atoms with Crippen molar-refractivity contribution < 1.29 is 0 Å². The molecule has 0 radical (unpaired) electrons. The summed E-state index contributed by atoms with van der Waals surface area (Å²) in [6, 6.07) is 5.62. The third-order valence-electron chi connectivity index (χ3n) is 4.86. The van der Waals surface area contributed by atoms with Crippen molar-refractivity contribution in [3.63, 3.8) is 0 Å². The summed E-state index contributed by atoms with van der Waals surface area (Å²) in [5, 5.41) is 17.5. The highest BCUT2D eigenvalue weighted by atomic mass is 16.1. The van der Waals surface area contributed by atoms with Crippen LogP contribution < -0.4 is 10.5 Å². The Morgan fingerprint density at radius 3 is 2.78 bits per heavy atom. The fraction of sp³-hybridized carbons (Fsp3) is 0.294. The Morgan fingerprint density at radius 2 is 2.00 bits per heavy atom. The van der Waals surface area contributed by atoms with Gasteiger partial charge in [0, 0.05) is 43.8 Å². The maximum absolute atomic E-state index is 11.9. The molecule has 4 aromatic heterocycles. The molecule has 0 aliphatic carbocycles. The van der Waals surface area contributed by atoms with E-state index in [0.717, 1.165) is 31.8 Å². The van der Waals surface area contributed by atoms with Crippen LogP contribution in [0.2, 0.25) is 0 Å². The Hall–Kier alpha value is -3.56. The zero-order valence-corrected chi connectivity index (χ0v) is 14.4. The average Bonchev–Trinajstić information content (AvgIpc) is 3.38. The summed E-state index contributed by atoms with van der Waals surface area (Å²) in [7, 11) is 0. The van der Waals surface area contributed by atoms with Crippen molar-refractivity contribution in [2.45, 2.75) is 18.8 Å². The average molecular weight is 363 g/mol. The SMILES string of the molecule is O=c1[nH]ccnc1N1CCC(c2nnc3ccc(-n4cccn4)nn23)CC1. The van der Waals surface area contributed by atoms with Gasteiger partial charge in [-0.05, 0) is 31.0 Å². The maximum Gasteiger partial charge on any atom is 0.290 e. The van der Waals surface area contributed by atoms with Gasteiger partial charge in [-0.15, -0.1) is 15.3 Å². The number of aromatic nitrogens is 8. The van der Waals surface area contributed by atoms with Crippen molar-refractivity contribution in [2.75, 3.05) is 18.0 Å². The van der Waals surface area contributed by atoms with E-state index in [9.17, 15) is 4.79 Å². The Labute approximate surface area is 153 Å². The highest BCUT2D eigenvalue weighted by molar-refractivity contribution is 5.40. The van der Waals surface area contributed by atoms with Gasteiger partial charge >= 0.3 is 0 Å². The minimum atomic E-state index is -0.158. The number of hydrogen-bond donors (Lipinski definition) is 1. The van der Waals surface area contributed by atoms with E-state index in [1.54, 1.807) is 27.8 Å². The highest BCUT2D eigenvalue weighted by Gasteiger charge is 2.26. The lowest BCUT2D eigenvalue weighted by Gasteiger charge is -2.31. The number of rotatable bonds is 3. The molecule has 0 unspecified atom stereocenters. The van der Waals surface area contributed by atoms with Gasteiger partial charge in [-0.1, -0.05) is 0 Å². The van der Waals surface area contributed by atoms with Crippen LogP contribution in [0, 0.1) is 0 Å². The first-order valence-electron chi connectivity index (χ1n) is 8.80. The largest absolute Gasteiger partial charge is 0.352 e. The molecule has 0 bridgehead atoms. The van der Waals surface area contributed by atoms with Crippen LogP contribution in [0.3, 0.4) is 0 Å². The molecule has 1 saturated heterocycles. The Morgan fingerprint density at radius 1 is 1.11 bits per heavy atom. The minimum Gasteiger partial charge on any atom is -0.352 e. The predicted molar refractivity (Wildman–Crippen MR) is 96.9 cm³/mol. The molecule has 136 valence electrons. The lowest BCUT2D eigenvalue weighted by molar-refractivity contribution is 0.473. The molecule has 1 N–H and O–H groups in total. The predicted octanol–water partition coefficient (Wildman–Crippen LogP) is 0.777. The molecule has 1 aliphatic rings. The van der Waals surface area contributed by atoms with Crippen LogP contribution >= 0.6 is 0 Å². The zero-order chi connectivity index (χ0) is 18.2. The molecule has 27 heavy (non-hydrogen) atoms. The van der Waals surface area contributed by atoms with Crippen LogP contribution in [0.5, 0.6) is 0 Å². The summed E-state index contributed by atoms with van der Waals surface area (Å²) < 4.78 is 3.50. The molecule has 1 fully saturated rings. The van der Waals surface area contributed by atoms with Crippen molar-refractivity contribution in [1.29, 1.82) is 0 Å². The molecule has 0 spiro atoms. The molecule has 10 heteroatoms. The molecule has 0 amide bonds. The molecular formula is C17H17N9O. The van der Waals surface area contributed by atoms with Gasteiger partial charge in [-0.2, -0.15) is 9.61 Å². The first-order chi connectivity index (χ1) is 13.3. The fourth-order valence-corrected chi connectivity index (χ4v) is 3.50. The molecular weight excluding hydrogens is 346 g/mol. The third kappa shape index (κ3) is 2.75. The minimum absolute atomic E-state index is 0.158. The van der Waals surface area contributed by atoms with Gasteiger partial charge in [0.1, 0.15) is 0 Å². The highest BCUT2D eigenvalue weighted by Crippen LogP contribution is 2.28. The second kappa shape index (κ2) is 6.31. The number of hydrogen-bond acceptors (Lipinski definition) is 7. The second-order valence-corrected chi connectivity index (χ2v) is 6.47. The topological polar surface area (TPSA) is 110 Å². The number of H-pyrrole nitrogens is 1. The van der Waals surface area contributed by atoms with Crippen LogP contribution in [0.15, 0.2) is 47.8 Å². The van der Waals surface area contributed by atoms with Crippen molar-refractivity contribution >= 4 is 11.5 Å². The Bertz CT molecular complexity index is 1120. The van der Waals surface area contributed by atoms with E-state index < -0.39 is 0 Å². The molecule has 0 saturated carbocycles. The van der Waals surface area contributed by atoms with E-state index in [1.165, 1.54) is 0 Å². The van der Waals surface area contributed by atoms with E-state index in [0.29, 0.717) is 17.3 Å². The van der Waals surface area contributed by atoms with Gasteiger partial charge in [0.15, 0.2) is 23.1 Å². The van der Waals surface area contributed by atoms with Gasteiger partial charge in [-0.25, -0.2) is 9.67 Å². The van der Waals surface area contributed by atoms with Crippen molar-refractivity contribution in [3.05, 3.63) is 59.2 Å². The molecule has 10 nitrogen and oxygen atoms in total. The Balaban J connectivity index is 1.41. The van der Waals surface area contributed by atoms with Gasteiger partial charge < -0.3 is 9.88 Å². The lowest BCUT2D eigenvalue weighted by Crippen LogP contribution is -2.37. The number of fused-ring (bicyclic) bond motifs is 1. The van der Waals surface area contributed by atoms with Crippen LogP contribution in [-0.4, -0.2) is 52.6 Å². The summed E-state index contributed by atoms with van der Waals surface area (Å²) in [5.41, 5.74) is 0.555. The van der Waals surface area contributed by atoms with Gasteiger partial charge in [-0.3, -0.25) is 4.79 Å². The molecule has 5 rings (SSSR count). The van der Waals surface area contributed by atoms with E-state index in [2.05, 4.69) is 30.4 Å². The molecule has 1 aliphatic heterocycles. The first kappa shape index (κ1) is 15.7. The van der Waals surface area contributed by atoms with E-state index in [-0.39, 0.29) is 11.5 Å². The van der Waals surface area contributed by atoms with Crippen LogP contribution in [0.4, 0.5) is 5.82 Å². The van der Waals surface area contributed by atoms with Gasteiger partial charge in [0.25, 0.3) is 5.56 Å². The molecule has 4 aromatic rings. The van der Waals surface area contributed by atoms with Crippen molar-refractivity contribution in [2.24, 2.45) is 0 Å². The lowest BCUT2D eigenvalue weighted by atomic mass is 9.96. The molecule has 0 atom stereocenters. The monoisotopic (exact) mass is 363 g/mol. The van der Waals surface area contributed by atoms with E-state index >= 15 is 0 Å². The second-order valence-electron chi connectivity index (χ2n) is 6.47. The number of nitrogens with zero attached hydrogens (tertiary/aromatic N) is 8. The maximum atomic E-state index is 11.9. The number of nitrogens with one attached hydrogen (secondary N) is 1. The van der Waals surface area contributed by atoms with Crippen molar-refractivity contribution in [3.8, 4) is 5.82 Å². The molecule has 5 heterocycles. The summed E-state index contributed by atoms with van der Waals surface area (Å²) >= 11 is 0. The third-order valence-corrected chi connectivity index (χ3v) is 4.86. The standard InChI is InChI=1S/C17H17N9O/c27-17-16(18-7-8-19-17)24-10-4-12(5-11-24)15-22-21-13-2-3-14(23-26(13)15)25-9-1-6-20-25/h1-3,6-9,12H,4-5,10-11H2,(H,19,27). The van der Waals surface area contributed by atoms with Crippen LogP contribution in [-0.2, 0) is 0 Å². The number of aromatic amines is 1. The fourth-order valence-electron chi connectivity index (χ4n) is 3.50. The number of anilines is 1. The quantitative estimate of drug-likeness (QED) is 0.573. The molecule has 0 aromatic carbocycles. The first-order valence-corrected chi connectivity index (χ1v) is 8.80. The van der Waals surface area contributed by atoms with Crippen LogP contribution in [0.25, 0.3) is 11.5 Å². The number of piperidine rings is 1. The normalized spacial score (nSPS) is 15.5.